The Morgan fingerprint density at radius 3 is 2.69 bits per heavy atom. The molecule has 0 atom stereocenters. The summed E-state index contributed by atoms with van der Waals surface area (Å²) in [6.45, 7) is 1.71. The maximum absolute atomic E-state index is 10.7. The van der Waals surface area contributed by atoms with E-state index in [1.54, 1.807) is 6.92 Å². The van der Waals surface area contributed by atoms with E-state index in [1.807, 2.05) is 0 Å². The van der Waals surface area contributed by atoms with Crippen molar-refractivity contribution in [1.29, 1.82) is 0 Å². The summed E-state index contributed by atoms with van der Waals surface area (Å²) in [4.78, 5) is 10.7. The highest BCUT2D eigenvalue weighted by molar-refractivity contribution is 9.10. The van der Waals surface area contributed by atoms with Crippen LogP contribution in [0.4, 0.5) is 5.69 Å². The third-order valence-corrected chi connectivity index (χ3v) is 3.28. The van der Waals surface area contributed by atoms with Gasteiger partial charge in [-0.2, -0.15) is 0 Å². The predicted molar refractivity (Wildman–Crippen MR) is 55.3 cm³/mol. The number of nitrogens with two attached hydrogens (primary N) is 1. The minimum absolute atomic E-state index is 0.0331. The molecule has 13 heavy (non-hydrogen) atoms. The molecule has 3 nitrogen and oxygen atoms in total. The zero-order chi connectivity index (χ0) is 10.2. The van der Waals surface area contributed by atoms with E-state index in [-0.39, 0.29) is 11.3 Å². The van der Waals surface area contributed by atoms with Crippen molar-refractivity contribution in [1.82, 2.24) is 0 Å². The van der Waals surface area contributed by atoms with Gasteiger partial charge in [0.05, 0.1) is 16.3 Å². The summed E-state index contributed by atoms with van der Waals surface area (Å²) < 4.78 is 0.636. The molecule has 0 amide bonds. The summed E-state index contributed by atoms with van der Waals surface area (Å²) in [5.41, 5.74) is 6.50. The van der Waals surface area contributed by atoms with Gasteiger partial charge in [-0.25, -0.2) is 4.79 Å². The molecule has 0 radical (unpaired) electrons. The zero-order valence-electron chi connectivity index (χ0n) is 6.77. The number of halogens is 2. The van der Waals surface area contributed by atoms with Gasteiger partial charge in [0.1, 0.15) is 0 Å². The van der Waals surface area contributed by atoms with Crippen LogP contribution in [0.3, 0.4) is 0 Å². The normalized spacial score (nSPS) is 10.1. The highest BCUT2D eigenvalue weighted by Gasteiger charge is 2.14. The van der Waals surface area contributed by atoms with E-state index in [2.05, 4.69) is 15.9 Å². The van der Waals surface area contributed by atoms with Crippen molar-refractivity contribution in [2.24, 2.45) is 0 Å². The van der Waals surface area contributed by atoms with E-state index in [0.717, 1.165) is 0 Å². The standard InChI is InChI=1S/C8H7BrClNO2/c1-3-6(9)5(10)2-4(7(3)11)8(12)13/h2H,11H2,1H3,(H,12,13). The van der Waals surface area contributed by atoms with E-state index >= 15 is 0 Å². The number of carbonyl (C=O) groups is 1. The molecule has 0 aliphatic rings. The second-order valence-corrected chi connectivity index (χ2v) is 3.76. The number of nitrogen functional groups attached to an aromatic ring is 1. The Morgan fingerprint density at radius 2 is 2.23 bits per heavy atom. The Bertz CT molecular complexity index is 379. The Morgan fingerprint density at radius 1 is 1.69 bits per heavy atom. The van der Waals surface area contributed by atoms with Crippen molar-refractivity contribution < 1.29 is 9.90 Å². The molecule has 0 aliphatic heterocycles. The molecule has 0 saturated carbocycles. The molecule has 0 fully saturated rings. The van der Waals surface area contributed by atoms with Crippen LogP contribution in [0.1, 0.15) is 15.9 Å². The van der Waals surface area contributed by atoms with Crippen molar-refractivity contribution >= 4 is 39.2 Å². The first kappa shape index (κ1) is 10.3. The number of aromatic carboxylic acids is 1. The Labute approximate surface area is 88.6 Å². The van der Waals surface area contributed by atoms with Gasteiger partial charge in [-0.3, -0.25) is 0 Å². The molecule has 0 aliphatic carbocycles. The first-order valence-corrected chi connectivity index (χ1v) is 4.59. The van der Waals surface area contributed by atoms with Gasteiger partial charge in [-0.1, -0.05) is 11.6 Å². The number of hydrogen-bond acceptors (Lipinski definition) is 2. The highest BCUT2D eigenvalue weighted by Crippen LogP contribution is 2.32. The molecular formula is C8H7BrClNO2. The van der Waals surface area contributed by atoms with Crippen LogP contribution >= 0.6 is 27.5 Å². The van der Waals surface area contributed by atoms with Crippen molar-refractivity contribution in [3.05, 3.63) is 26.7 Å². The lowest BCUT2D eigenvalue weighted by molar-refractivity contribution is 0.0698. The molecule has 0 aromatic heterocycles. The average molecular weight is 265 g/mol. The summed E-state index contributed by atoms with van der Waals surface area (Å²) in [6.07, 6.45) is 0. The SMILES string of the molecule is Cc1c(N)c(C(=O)O)cc(Cl)c1Br. The second-order valence-electron chi connectivity index (χ2n) is 2.56. The molecule has 1 aromatic carbocycles. The van der Waals surface area contributed by atoms with Crippen LogP contribution < -0.4 is 5.73 Å². The van der Waals surface area contributed by atoms with Crippen molar-refractivity contribution in [3.63, 3.8) is 0 Å². The third-order valence-electron chi connectivity index (χ3n) is 1.73. The van der Waals surface area contributed by atoms with Crippen LogP contribution in [0.2, 0.25) is 5.02 Å². The zero-order valence-corrected chi connectivity index (χ0v) is 9.11. The van der Waals surface area contributed by atoms with Crippen molar-refractivity contribution in [2.45, 2.75) is 6.92 Å². The van der Waals surface area contributed by atoms with E-state index in [4.69, 9.17) is 22.4 Å². The number of anilines is 1. The van der Waals surface area contributed by atoms with Gasteiger partial charge in [0.2, 0.25) is 0 Å². The lowest BCUT2D eigenvalue weighted by atomic mass is 10.1. The minimum atomic E-state index is -1.07. The second kappa shape index (κ2) is 3.55. The fraction of sp³-hybridized carbons (Fsp3) is 0.125. The molecule has 0 heterocycles. The van der Waals surface area contributed by atoms with E-state index in [1.165, 1.54) is 6.07 Å². The predicted octanol–water partition coefficient (Wildman–Crippen LogP) is 2.69. The van der Waals surface area contributed by atoms with Crippen molar-refractivity contribution in [2.75, 3.05) is 5.73 Å². The van der Waals surface area contributed by atoms with E-state index in [9.17, 15) is 4.79 Å². The molecule has 0 saturated heterocycles. The number of hydrogen-bond donors (Lipinski definition) is 2. The maximum Gasteiger partial charge on any atom is 0.337 e. The average Bonchev–Trinajstić information content (AvgIpc) is 2.07. The summed E-state index contributed by atoms with van der Waals surface area (Å²) in [5, 5.41) is 9.10. The lowest BCUT2D eigenvalue weighted by Gasteiger charge is -2.08. The quantitative estimate of drug-likeness (QED) is 0.767. The molecule has 0 bridgehead atoms. The van der Waals surface area contributed by atoms with Crippen LogP contribution in [0.5, 0.6) is 0 Å². The fourth-order valence-electron chi connectivity index (χ4n) is 0.944. The van der Waals surface area contributed by atoms with Crippen molar-refractivity contribution in [3.8, 4) is 0 Å². The highest BCUT2D eigenvalue weighted by atomic mass is 79.9. The Kier molecular flexibility index (Phi) is 2.83. The number of rotatable bonds is 1. The van der Waals surface area contributed by atoms with Gasteiger partial charge in [-0.05, 0) is 34.5 Å². The summed E-state index contributed by atoms with van der Waals surface area (Å²) in [6, 6.07) is 1.33. The Hall–Kier alpha value is -0.740. The molecular weight excluding hydrogens is 257 g/mol. The number of carboxylic acids is 1. The molecule has 70 valence electrons. The van der Waals surface area contributed by atoms with Gasteiger partial charge in [0.25, 0.3) is 0 Å². The summed E-state index contributed by atoms with van der Waals surface area (Å²) in [5.74, 6) is -1.07. The smallest absolute Gasteiger partial charge is 0.337 e. The van der Waals surface area contributed by atoms with Crippen LogP contribution in [0, 0.1) is 6.92 Å². The lowest BCUT2D eigenvalue weighted by Crippen LogP contribution is -2.04. The Balaban J connectivity index is 3.50. The van der Waals surface area contributed by atoms with Gasteiger partial charge in [0, 0.05) is 4.47 Å². The summed E-state index contributed by atoms with van der Waals surface area (Å²) in [7, 11) is 0. The van der Waals surface area contributed by atoms with Crippen LogP contribution in [0.25, 0.3) is 0 Å². The van der Waals surface area contributed by atoms with E-state index in [0.29, 0.717) is 15.1 Å². The topological polar surface area (TPSA) is 63.3 Å². The van der Waals surface area contributed by atoms with Gasteiger partial charge in [-0.15, -0.1) is 0 Å². The molecule has 1 rings (SSSR count). The largest absolute Gasteiger partial charge is 0.478 e. The molecule has 0 unspecified atom stereocenters. The first-order valence-electron chi connectivity index (χ1n) is 3.42. The molecule has 5 heteroatoms. The minimum Gasteiger partial charge on any atom is -0.478 e. The summed E-state index contributed by atoms with van der Waals surface area (Å²) >= 11 is 8.98. The third kappa shape index (κ3) is 1.78. The van der Waals surface area contributed by atoms with Gasteiger partial charge < -0.3 is 10.8 Å². The maximum atomic E-state index is 10.7. The molecule has 3 N–H and O–H groups in total. The first-order chi connectivity index (χ1) is 5.95. The van der Waals surface area contributed by atoms with Crippen LogP contribution in [-0.4, -0.2) is 11.1 Å². The molecule has 1 aromatic rings. The van der Waals surface area contributed by atoms with E-state index < -0.39 is 5.97 Å². The fourth-order valence-corrected chi connectivity index (χ4v) is 1.52. The van der Waals surface area contributed by atoms with Crippen LogP contribution in [-0.2, 0) is 0 Å². The number of benzene rings is 1. The van der Waals surface area contributed by atoms with Crippen LogP contribution in [0.15, 0.2) is 10.5 Å². The molecule has 0 spiro atoms. The van der Waals surface area contributed by atoms with Gasteiger partial charge >= 0.3 is 5.97 Å². The van der Waals surface area contributed by atoms with Gasteiger partial charge in [0.15, 0.2) is 0 Å². The number of carboxylic acid groups (broad SMARTS) is 1. The monoisotopic (exact) mass is 263 g/mol.